The topological polar surface area (TPSA) is 112 Å². The normalized spacial score (nSPS) is 11.5. The molecule has 0 amide bonds. The molecule has 2 aromatic heterocycles. The van der Waals surface area contributed by atoms with Crippen LogP contribution in [0.5, 0.6) is 5.75 Å². The largest absolute Gasteiger partial charge is 0.494 e. The third kappa shape index (κ3) is 4.57. The molecule has 0 fully saturated rings. The highest BCUT2D eigenvalue weighted by Gasteiger charge is 2.26. The maximum absolute atomic E-state index is 13.4. The summed E-state index contributed by atoms with van der Waals surface area (Å²) in [7, 11) is -2.52. The number of para-hydroxylation sites is 1. The summed E-state index contributed by atoms with van der Waals surface area (Å²) in [6, 6.07) is 12.4. The van der Waals surface area contributed by atoms with Crippen LogP contribution in [0, 0.1) is 20.8 Å². The van der Waals surface area contributed by atoms with Crippen LogP contribution in [0.1, 0.15) is 34.0 Å². The third-order valence-corrected chi connectivity index (χ3v) is 7.05. The molecule has 2 heterocycles. The van der Waals surface area contributed by atoms with E-state index >= 15 is 0 Å². The minimum atomic E-state index is -4.07. The maximum atomic E-state index is 13.4. The second kappa shape index (κ2) is 9.38. The fourth-order valence-corrected chi connectivity index (χ4v) is 5.20. The number of pyridine rings is 1. The number of esters is 1. The maximum Gasteiger partial charge on any atom is 0.343 e. The minimum Gasteiger partial charge on any atom is -0.494 e. The van der Waals surface area contributed by atoms with Crippen molar-refractivity contribution in [2.75, 3.05) is 18.4 Å². The van der Waals surface area contributed by atoms with E-state index in [0.29, 0.717) is 22.6 Å². The predicted octanol–water partition coefficient (Wildman–Crippen LogP) is 4.33. The molecule has 0 aliphatic carbocycles. The zero-order chi connectivity index (χ0) is 25.3. The number of nitrogens with zero attached hydrogens (tertiary/aromatic N) is 3. The van der Waals surface area contributed by atoms with Crippen molar-refractivity contribution in [1.82, 2.24) is 14.8 Å². The number of aromatic nitrogens is 3. The Bertz CT molecular complexity index is 1540. The van der Waals surface area contributed by atoms with Crippen LogP contribution < -0.4 is 9.46 Å². The smallest absolute Gasteiger partial charge is 0.343 e. The molecule has 0 aliphatic heterocycles. The van der Waals surface area contributed by atoms with Crippen LogP contribution in [-0.2, 0) is 14.8 Å². The second-order valence-electron chi connectivity index (χ2n) is 8.07. The number of hydrogen-bond donors (Lipinski definition) is 1. The van der Waals surface area contributed by atoms with Crippen LogP contribution in [-0.4, -0.2) is 42.9 Å². The van der Waals surface area contributed by atoms with Gasteiger partial charge in [0.2, 0.25) is 0 Å². The lowest BCUT2D eigenvalue weighted by atomic mass is 10.1. The first-order valence-electron chi connectivity index (χ1n) is 11.0. The van der Waals surface area contributed by atoms with Gasteiger partial charge in [-0.2, -0.15) is 9.78 Å². The first-order valence-corrected chi connectivity index (χ1v) is 12.4. The number of methoxy groups -OCH3 is 1. The van der Waals surface area contributed by atoms with E-state index in [1.165, 1.54) is 16.9 Å². The molecule has 9 nitrogen and oxygen atoms in total. The molecule has 4 aromatic rings. The van der Waals surface area contributed by atoms with Crippen molar-refractivity contribution in [3.63, 3.8) is 0 Å². The second-order valence-corrected chi connectivity index (χ2v) is 9.72. The zero-order valence-corrected chi connectivity index (χ0v) is 20.9. The van der Waals surface area contributed by atoms with Gasteiger partial charge in [0.15, 0.2) is 11.6 Å². The molecule has 0 saturated heterocycles. The van der Waals surface area contributed by atoms with Gasteiger partial charge >= 0.3 is 5.97 Å². The first kappa shape index (κ1) is 24.2. The Balaban J connectivity index is 1.91. The quantitative estimate of drug-likeness (QED) is 0.381. The molecule has 0 aliphatic rings. The van der Waals surface area contributed by atoms with Gasteiger partial charge in [-0.05, 0) is 57.0 Å². The number of rotatable bonds is 7. The Morgan fingerprint density at radius 3 is 2.54 bits per heavy atom. The van der Waals surface area contributed by atoms with Crippen molar-refractivity contribution in [3.05, 3.63) is 70.9 Å². The number of carbonyl (C=O) groups excluding carboxylic acids is 1. The van der Waals surface area contributed by atoms with Gasteiger partial charge < -0.3 is 9.47 Å². The number of anilines is 1. The average Bonchev–Trinajstić information content (AvgIpc) is 3.21. The van der Waals surface area contributed by atoms with E-state index in [-0.39, 0.29) is 22.9 Å². The molecule has 182 valence electrons. The summed E-state index contributed by atoms with van der Waals surface area (Å²) < 4.78 is 41.2. The standard InChI is InChI=1S/C25H26N4O5S/c1-6-34-25(30)19-14-26-29(22-13-16(3)18-8-7-9-20(33-5)23(18)27-22)24(19)28-35(31,32)21-11-10-15(2)12-17(21)4/h7-14,28H,6H2,1-5H3. The van der Waals surface area contributed by atoms with Gasteiger partial charge in [-0.25, -0.2) is 18.2 Å². The van der Waals surface area contributed by atoms with E-state index in [1.54, 1.807) is 45.2 Å². The highest BCUT2D eigenvalue weighted by atomic mass is 32.2. The Morgan fingerprint density at radius 2 is 1.86 bits per heavy atom. The van der Waals surface area contributed by atoms with Crippen molar-refractivity contribution in [2.24, 2.45) is 0 Å². The molecule has 1 N–H and O–H groups in total. The van der Waals surface area contributed by atoms with Gasteiger partial charge in [0.05, 0.1) is 24.8 Å². The number of nitrogens with one attached hydrogen (secondary N) is 1. The molecule has 0 unspecified atom stereocenters. The number of benzene rings is 2. The lowest BCUT2D eigenvalue weighted by molar-refractivity contribution is 0.0527. The van der Waals surface area contributed by atoms with Crippen LogP contribution in [0.3, 0.4) is 0 Å². The van der Waals surface area contributed by atoms with Gasteiger partial charge in [0, 0.05) is 5.39 Å². The summed E-state index contributed by atoms with van der Waals surface area (Å²) in [4.78, 5) is 17.4. The van der Waals surface area contributed by atoms with Crippen molar-refractivity contribution in [1.29, 1.82) is 0 Å². The summed E-state index contributed by atoms with van der Waals surface area (Å²) in [6.45, 7) is 7.29. The number of aryl methyl sites for hydroxylation is 3. The number of fused-ring (bicyclic) bond motifs is 1. The molecular weight excluding hydrogens is 468 g/mol. The predicted molar refractivity (Wildman–Crippen MR) is 133 cm³/mol. The van der Waals surface area contributed by atoms with Gasteiger partial charge in [0.25, 0.3) is 10.0 Å². The van der Waals surface area contributed by atoms with E-state index in [9.17, 15) is 13.2 Å². The van der Waals surface area contributed by atoms with Crippen molar-refractivity contribution < 1.29 is 22.7 Å². The molecule has 4 rings (SSSR count). The molecular formula is C25H26N4O5S. The molecule has 0 saturated carbocycles. The molecule has 0 bridgehead atoms. The average molecular weight is 495 g/mol. The van der Waals surface area contributed by atoms with E-state index < -0.39 is 16.0 Å². The lowest BCUT2D eigenvalue weighted by Crippen LogP contribution is -2.20. The summed E-state index contributed by atoms with van der Waals surface area (Å²) in [5, 5.41) is 5.17. The Kier molecular flexibility index (Phi) is 6.49. The van der Waals surface area contributed by atoms with Gasteiger partial charge in [-0.1, -0.05) is 29.8 Å². The Morgan fingerprint density at radius 1 is 1.09 bits per heavy atom. The van der Waals surface area contributed by atoms with Gasteiger partial charge in [0.1, 0.15) is 16.8 Å². The number of hydrogen-bond acceptors (Lipinski definition) is 7. The van der Waals surface area contributed by atoms with Crippen molar-refractivity contribution >= 4 is 32.7 Å². The highest BCUT2D eigenvalue weighted by Crippen LogP contribution is 2.30. The molecule has 2 aromatic carbocycles. The first-order chi connectivity index (χ1) is 16.7. The Hall–Kier alpha value is -3.92. The van der Waals surface area contributed by atoms with Crippen LogP contribution in [0.25, 0.3) is 16.7 Å². The number of sulfonamides is 1. The molecule has 0 spiro atoms. The molecule has 10 heteroatoms. The summed E-state index contributed by atoms with van der Waals surface area (Å²) in [5.41, 5.74) is 2.94. The van der Waals surface area contributed by atoms with E-state index in [2.05, 4.69) is 14.8 Å². The lowest BCUT2D eigenvalue weighted by Gasteiger charge is -2.15. The van der Waals surface area contributed by atoms with Gasteiger partial charge in [-0.15, -0.1) is 0 Å². The number of carbonyl (C=O) groups is 1. The summed E-state index contributed by atoms with van der Waals surface area (Å²) >= 11 is 0. The van der Waals surface area contributed by atoms with E-state index in [0.717, 1.165) is 16.5 Å². The van der Waals surface area contributed by atoms with Crippen LogP contribution in [0.2, 0.25) is 0 Å². The zero-order valence-electron chi connectivity index (χ0n) is 20.1. The molecule has 0 atom stereocenters. The van der Waals surface area contributed by atoms with Crippen molar-refractivity contribution in [3.8, 4) is 11.6 Å². The summed E-state index contributed by atoms with van der Waals surface area (Å²) in [5.74, 6) is 0.104. The van der Waals surface area contributed by atoms with Crippen molar-refractivity contribution in [2.45, 2.75) is 32.6 Å². The fraction of sp³-hybridized carbons (Fsp3) is 0.240. The summed E-state index contributed by atoms with van der Waals surface area (Å²) in [6.07, 6.45) is 1.27. The van der Waals surface area contributed by atoms with Crippen LogP contribution >= 0.6 is 0 Å². The Labute approximate surface area is 203 Å². The monoisotopic (exact) mass is 494 g/mol. The SMILES string of the molecule is CCOC(=O)c1cnn(-c2cc(C)c3cccc(OC)c3n2)c1NS(=O)(=O)c1ccc(C)cc1C. The molecule has 0 radical (unpaired) electrons. The van der Waals surface area contributed by atoms with E-state index in [1.807, 2.05) is 26.0 Å². The minimum absolute atomic E-state index is 0.0280. The molecule has 35 heavy (non-hydrogen) atoms. The van der Waals surface area contributed by atoms with E-state index in [4.69, 9.17) is 9.47 Å². The van der Waals surface area contributed by atoms with Crippen LogP contribution in [0.15, 0.2) is 53.6 Å². The highest BCUT2D eigenvalue weighted by molar-refractivity contribution is 7.92. The number of ether oxygens (including phenoxy) is 2. The van der Waals surface area contributed by atoms with Gasteiger partial charge in [-0.3, -0.25) is 4.72 Å². The van der Waals surface area contributed by atoms with Crippen LogP contribution in [0.4, 0.5) is 5.82 Å². The fourth-order valence-electron chi connectivity index (χ4n) is 3.91. The third-order valence-electron chi connectivity index (χ3n) is 5.55.